The number of hydrogen-bond donors (Lipinski definition) is 0. The Kier molecular flexibility index (Phi) is 4.92. The third-order valence-electron chi connectivity index (χ3n) is 5.32. The number of carbonyl (C=O) groups excluding carboxylic acids is 1. The molecule has 1 aromatic rings. The van der Waals surface area contributed by atoms with Crippen molar-refractivity contribution in [1.82, 2.24) is 9.80 Å². The highest BCUT2D eigenvalue weighted by atomic mass is 16.1. The molecule has 1 fully saturated rings. The average Bonchev–Trinajstić information content (AvgIpc) is 3.14. The van der Waals surface area contributed by atoms with Crippen molar-refractivity contribution in [2.45, 2.75) is 6.92 Å². The third-order valence-corrected chi connectivity index (χ3v) is 5.32. The summed E-state index contributed by atoms with van der Waals surface area (Å²) in [6, 6.07) is 9.74. The molecule has 1 aromatic carbocycles. The van der Waals surface area contributed by atoms with Crippen molar-refractivity contribution in [1.29, 1.82) is 0 Å². The summed E-state index contributed by atoms with van der Waals surface area (Å²) in [7, 11) is 2.12. The van der Waals surface area contributed by atoms with E-state index in [2.05, 4.69) is 23.4 Å². The number of allylic oxidation sites excluding steroid dienone is 6. The summed E-state index contributed by atoms with van der Waals surface area (Å²) in [5.41, 5.74) is 4.37. The quantitative estimate of drug-likeness (QED) is 0.750. The molecule has 0 spiro atoms. The van der Waals surface area contributed by atoms with Gasteiger partial charge in [-0.2, -0.15) is 0 Å². The van der Waals surface area contributed by atoms with E-state index >= 15 is 0 Å². The summed E-state index contributed by atoms with van der Waals surface area (Å²) in [6.45, 7) is 9.41. The van der Waals surface area contributed by atoms with Crippen molar-refractivity contribution < 1.29 is 4.79 Å². The molecular weight excluding hydrogens is 348 g/mol. The van der Waals surface area contributed by atoms with Crippen LogP contribution >= 0.6 is 0 Å². The molecule has 3 aliphatic rings. The Hall–Kier alpha value is -3.05. The van der Waals surface area contributed by atoms with Gasteiger partial charge in [-0.15, -0.1) is 0 Å². The number of hydrogen-bond acceptors (Lipinski definition) is 5. The van der Waals surface area contributed by atoms with E-state index in [4.69, 9.17) is 9.98 Å². The average molecular weight is 372 g/mol. The van der Waals surface area contributed by atoms with E-state index in [1.54, 1.807) is 6.08 Å². The zero-order chi connectivity index (χ0) is 19.7. The van der Waals surface area contributed by atoms with E-state index in [9.17, 15) is 4.79 Å². The lowest BCUT2D eigenvalue weighted by atomic mass is 9.81. The van der Waals surface area contributed by atoms with E-state index in [1.807, 2.05) is 49.4 Å². The first kappa shape index (κ1) is 18.3. The van der Waals surface area contributed by atoms with Crippen molar-refractivity contribution in [2.24, 2.45) is 9.98 Å². The van der Waals surface area contributed by atoms with Crippen LogP contribution in [0.1, 0.15) is 12.5 Å². The number of nitrogens with zero attached hydrogens (tertiary/aromatic N) is 4. The van der Waals surface area contributed by atoms with Crippen LogP contribution in [0.5, 0.6) is 0 Å². The smallest absolute Gasteiger partial charge is 0.226 e. The van der Waals surface area contributed by atoms with Crippen LogP contribution in [0.3, 0.4) is 0 Å². The first-order valence-electron chi connectivity index (χ1n) is 9.59. The van der Waals surface area contributed by atoms with Gasteiger partial charge in [0.15, 0.2) is 5.78 Å². The van der Waals surface area contributed by atoms with Gasteiger partial charge in [-0.3, -0.25) is 4.79 Å². The molecule has 0 aromatic heterocycles. The molecule has 28 heavy (non-hydrogen) atoms. The number of fused-ring (bicyclic) bond motifs is 1. The fourth-order valence-electron chi connectivity index (χ4n) is 3.78. The second kappa shape index (κ2) is 7.52. The Balaban J connectivity index is 1.88. The van der Waals surface area contributed by atoms with Crippen LogP contribution in [0.25, 0.3) is 5.57 Å². The SMILES string of the molecule is C=C/C=C1/C2=NC(N3CCN(C)CC3)=NC2=C(c2ccccc2)C(=O)/C1=C/C. The summed E-state index contributed by atoms with van der Waals surface area (Å²) in [5.74, 6) is 0.686. The van der Waals surface area contributed by atoms with Gasteiger partial charge < -0.3 is 9.80 Å². The third kappa shape index (κ3) is 3.08. The standard InChI is InChI=1S/C23H24N4O/c1-4-9-18-17(5-2)22(28)19(16-10-7-6-8-11-16)21-20(18)24-23(25-21)27-14-12-26(3)13-15-27/h4-11H,1,12-15H2,2-3H3/b17-5+,18-9+. The van der Waals surface area contributed by atoms with Gasteiger partial charge in [-0.25, -0.2) is 9.98 Å². The van der Waals surface area contributed by atoms with Crippen molar-refractivity contribution in [3.8, 4) is 0 Å². The van der Waals surface area contributed by atoms with E-state index in [1.165, 1.54) is 0 Å². The number of benzene rings is 1. The van der Waals surface area contributed by atoms with Crippen LogP contribution in [-0.4, -0.2) is 60.5 Å². The maximum absolute atomic E-state index is 13.4. The lowest BCUT2D eigenvalue weighted by Crippen LogP contribution is -2.46. The maximum atomic E-state index is 13.4. The van der Waals surface area contributed by atoms with Gasteiger partial charge in [-0.05, 0) is 19.5 Å². The van der Waals surface area contributed by atoms with Gasteiger partial charge in [0.25, 0.3) is 0 Å². The molecule has 0 amide bonds. The summed E-state index contributed by atoms with van der Waals surface area (Å²) in [4.78, 5) is 27.6. The van der Waals surface area contributed by atoms with E-state index in [0.29, 0.717) is 22.8 Å². The van der Waals surface area contributed by atoms with Crippen molar-refractivity contribution in [3.63, 3.8) is 0 Å². The number of Topliss-reactive ketones (excluding diaryl/α,β-unsaturated/α-hetero) is 1. The zero-order valence-electron chi connectivity index (χ0n) is 16.4. The highest BCUT2D eigenvalue weighted by Crippen LogP contribution is 2.38. The predicted molar refractivity (Wildman–Crippen MR) is 114 cm³/mol. The lowest BCUT2D eigenvalue weighted by molar-refractivity contribution is -0.110. The first-order chi connectivity index (χ1) is 13.6. The number of carbonyl (C=O) groups is 1. The number of piperazine rings is 1. The molecule has 2 heterocycles. The van der Waals surface area contributed by atoms with E-state index in [0.717, 1.165) is 43.0 Å². The number of likely N-dealkylation sites (N-methyl/N-ethyl adjacent to an activating group) is 1. The van der Waals surface area contributed by atoms with Crippen LogP contribution in [0, 0.1) is 0 Å². The number of aliphatic imine (C=N–C) groups is 2. The molecule has 0 unspecified atom stereocenters. The van der Waals surface area contributed by atoms with Crippen LogP contribution in [0.2, 0.25) is 0 Å². The molecule has 5 nitrogen and oxygen atoms in total. The van der Waals surface area contributed by atoms with Crippen LogP contribution in [0.4, 0.5) is 0 Å². The van der Waals surface area contributed by atoms with Crippen molar-refractivity contribution in [3.05, 3.63) is 77.5 Å². The van der Waals surface area contributed by atoms with Gasteiger partial charge in [0.2, 0.25) is 5.96 Å². The fraction of sp³-hybridized carbons (Fsp3) is 0.261. The van der Waals surface area contributed by atoms with Gasteiger partial charge in [0, 0.05) is 37.3 Å². The molecule has 0 N–H and O–H groups in total. The second-order valence-electron chi connectivity index (χ2n) is 7.10. The minimum atomic E-state index is -0.0147. The monoisotopic (exact) mass is 372 g/mol. The van der Waals surface area contributed by atoms with Crippen LogP contribution in [-0.2, 0) is 4.79 Å². The fourth-order valence-corrected chi connectivity index (χ4v) is 3.78. The van der Waals surface area contributed by atoms with E-state index < -0.39 is 0 Å². The lowest BCUT2D eigenvalue weighted by Gasteiger charge is -2.32. The van der Waals surface area contributed by atoms with E-state index in [-0.39, 0.29) is 5.78 Å². The molecule has 1 saturated heterocycles. The molecule has 5 heteroatoms. The second-order valence-corrected chi connectivity index (χ2v) is 7.10. The van der Waals surface area contributed by atoms with Crippen LogP contribution < -0.4 is 0 Å². The maximum Gasteiger partial charge on any atom is 0.226 e. The highest BCUT2D eigenvalue weighted by Gasteiger charge is 2.37. The number of guanidine groups is 1. The highest BCUT2D eigenvalue weighted by molar-refractivity contribution is 6.45. The Morgan fingerprint density at radius 1 is 1.04 bits per heavy atom. The van der Waals surface area contributed by atoms with Crippen LogP contribution in [0.15, 0.2) is 82.0 Å². The molecule has 4 rings (SSSR count). The first-order valence-corrected chi connectivity index (χ1v) is 9.59. The zero-order valence-corrected chi connectivity index (χ0v) is 16.4. The minimum absolute atomic E-state index is 0.0147. The van der Waals surface area contributed by atoms with Gasteiger partial charge >= 0.3 is 0 Å². The number of ketones is 1. The van der Waals surface area contributed by atoms with Gasteiger partial charge in [0.1, 0.15) is 11.4 Å². The molecule has 0 radical (unpaired) electrons. The van der Waals surface area contributed by atoms with Crippen molar-refractivity contribution >= 4 is 23.0 Å². The summed E-state index contributed by atoms with van der Waals surface area (Å²) >= 11 is 0. The summed E-state index contributed by atoms with van der Waals surface area (Å²) in [5, 5.41) is 0. The molecule has 2 aliphatic heterocycles. The molecule has 1 aliphatic carbocycles. The normalized spacial score (nSPS) is 23.2. The minimum Gasteiger partial charge on any atom is -0.338 e. The molecule has 0 atom stereocenters. The summed E-state index contributed by atoms with van der Waals surface area (Å²) in [6.07, 6.45) is 5.41. The Morgan fingerprint density at radius 2 is 1.75 bits per heavy atom. The molecule has 142 valence electrons. The van der Waals surface area contributed by atoms with Crippen molar-refractivity contribution in [2.75, 3.05) is 33.2 Å². The molecular formula is C23H24N4O. The topological polar surface area (TPSA) is 48.3 Å². The Morgan fingerprint density at radius 3 is 2.39 bits per heavy atom. The van der Waals surface area contributed by atoms with Gasteiger partial charge in [0.05, 0.1) is 5.57 Å². The Labute approximate surface area is 165 Å². The Bertz CT molecular complexity index is 971. The summed E-state index contributed by atoms with van der Waals surface area (Å²) < 4.78 is 0. The molecule has 0 saturated carbocycles. The number of rotatable bonds is 2. The largest absolute Gasteiger partial charge is 0.338 e. The van der Waals surface area contributed by atoms with Gasteiger partial charge in [-0.1, -0.05) is 55.1 Å². The predicted octanol–water partition coefficient (Wildman–Crippen LogP) is 3.10. The molecule has 0 bridgehead atoms.